The Labute approximate surface area is 184 Å². The Morgan fingerprint density at radius 3 is 2.41 bits per heavy atom. The number of rotatable bonds is 9. The lowest BCUT2D eigenvalue weighted by atomic mass is 10.1. The Morgan fingerprint density at radius 2 is 1.69 bits per heavy atom. The fourth-order valence-electron chi connectivity index (χ4n) is 2.92. The normalized spacial score (nSPS) is 10.3. The largest absolute Gasteiger partial charge is 0.493 e. The number of amides is 2. The van der Waals surface area contributed by atoms with Crippen molar-refractivity contribution in [3.8, 4) is 11.5 Å². The molecule has 0 aliphatic rings. The van der Waals surface area contributed by atoms with Crippen molar-refractivity contribution >= 4 is 17.5 Å². The lowest BCUT2D eigenvalue weighted by Crippen LogP contribution is -2.26. The zero-order valence-electron chi connectivity index (χ0n) is 17.4. The van der Waals surface area contributed by atoms with Crippen LogP contribution in [0.25, 0.3) is 0 Å². The Hall–Kier alpha value is -3.94. The zero-order valence-corrected chi connectivity index (χ0v) is 17.4. The van der Waals surface area contributed by atoms with Crippen molar-refractivity contribution in [1.82, 2.24) is 5.32 Å². The molecule has 166 valence electrons. The first-order valence-corrected chi connectivity index (χ1v) is 9.84. The van der Waals surface area contributed by atoms with Gasteiger partial charge in [0.25, 0.3) is 11.8 Å². The van der Waals surface area contributed by atoms with Gasteiger partial charge in [0.2, 0.25) is 0 Å². The molecule has 8 heteroatoms. The van der Waals surface area contributed by atoms with Crippen LogP contribution in [0.2, 0.25) is 0 Å². The molecule has 0 saturated heterocycles. The third-order valence-corrected chi connectivity index (χ3v) is 4.55. The predicted molar refractivity (Wildman–Crippen MR) is 116 cm³/mol. The van der Waals surface area contributed by atoms with Gasteiger partial charge in [-0.25, -0.2) is 8.78 Å². The van der Waals surface area contributed by atoms with Crippen molar-refractivity contribution in [2.24, 2.45) is 0 Å². The highest BCUT2D eigenvalue weighted by Crippen LogP contribution is 2.28. The Bertz CT molecular complexity index is 1090. The molecule has 3 rings (SSSR count). The van der Waals surface area contributed by atoms with Gasteiger partial charge >= 0.3 is 0 Å². The summed E-state index contributed by atoms with van der Waals surface area (Å²) in [6.45, 7) is -0.0359. The minimum Gasteiger partial charge on any atom is -0.493 e. The molecule has 32 heavy (non-hydrogen) atoms. The minimum absolute atomic E-state index is 0.268. The Morgan fingerprint density at radius 1 is 0.938 bits per heavy atom. The van der Waals surface area contributed by atoms with Crippen molar-refractivity contribution in [2.45, 2.75) is 6.42 Å². The second-order valence-corrected chi connectivity index (χ2v) is 6.81. The van der Waals surface area contributed by atoms with Crippen molar-refractivity contribution < 1.29 is 27.8 Å². The number of methoxy groups -OCH3 is 1. The second-order valence-electron chi connectivity index (χ2n) is 6.81. The van der Waals surface area contributed by atoms with E-state index < -0.39 is 11.7 Å². The van der Waals surface area contributed by atoms with Crippen LogP contribution in [0.1, 0.15) is 15.9 Å². The fraction of sp³-hybridized carbons (Fsp3) is 0.167. The van der Waals surface area contributed by atoms with E-state index in [1.54, 1.807) is 18.2 Å². The van der Waals surface area contributed by atoms with E-state index in [9.17, 15) is 18.4 Å². The second kappa shape index (κ2) is 10.9. The van der Waals surface area contributed by atoms with E-state index in [0.717, 1.165) is 0 Å². The lowest BCUT2D eigenvalue weighted by Gasteiger charge is -2.12. The number of anilines is 1. The highest BCUT2D eigenvalue weighted by Gasteiger charge is 2.13. The summed E-state index contributed by atoms with van der Waals surface area (Å²) in [5.74, 6) is -0.936. The van der Waals surface area contributed by atoms with Crippen LogP contribution in [0.5, 0.6) is 11.5 Å². The molecule has 0 aromatic heterocycles. The summed E-state index contributed by atoms with van der Waals surface area (Å²) in [6.07, 6.45) is 0.361. The fourth-order valence-corrected chi connectivity index (χ4v) is 2.92. The summed E-state index contributed by atoms with van der Waals surface area (Å²) < 4.78 is 37.3. The topological polar surface area (TPSA) is 76.7 Å². The van der Waals surface area contributed by atoms with E-state index >= 15 is 0 Å². The van der Waals surface area contributed by atoms with E-state index in [2.05, 4.69) is 10.6 Å². The van der Waals surface area contributed by atoms with E-state index in [4.69, 9.17) is 9.47 Å². The number of hydrogen-bond donors (Lipinski definition) is 2. The third-order valence-electron chi connectivity index (χ3n) is 4.55. The van der Waals surface area contributed by atoms with Gasteiger partial charge in [-0.05, 0) is 60.5 Å². The molecule has 0 unspecified atom stereocenters. The van der Waals surface area contributed by atoms with Gasteiger partial charge in [0.1, 0.15) is 11.6 Å². The lowest BCUT2D eigenvalue weighted by molar-refractivity contribution is -0.118. The molecule has 0 bridgehead atoms. The molecule has 0 aliphatic carbocycles. The van der Waals surface area contributed by atoms with Gasteiger partial charge in [-0.15, -0.1) is 0 Å². The summed E-state index contributed by atoms with van der Waals surface area (Å²) >= 11 is 0. The number of carbonyl (C=O) groups excluding carboxylic acids is 2. The molecule has 0 atom stereocenters. The molecule has 0 fully saturated rings. The molecule has 0 heterocycles. The van der Waals surface area contributed by atoms with Crippen LogP contribution in [-0.2, 0) is 11.2 Å². The molecule has 6 nitrogen and oxygen atoms in total. The summed E-state index contributed by atoms with van der Waals surface area (Å²) in [4.78, 5) is 24.4. The first kappa shape index (κ1) is 22.7. The van der Waals surface area contributed by atoms with Gasteiger partial charge in [0.15, 0.2) is 18.1 Å². The average Bonchev–Trinajstić information content (AvgIpc) is 2.80. The van der Waals surface area contributed by atoms with Gasteiger partial charge < -0.3 is 20.1 Å². The maximum Gasteiger partial charge on any atom is 0.262 e. The number of nitrogens with one attached hydrogen (secondary N) is 2. The molecule has 2 N–H and O–H groups in total. The number of carbonyl (C=O) groups is 2. The Kier molecular flexibility index (Phi) is 7.75. The van der Waals surface area contributed by atoms with Crippen LogP contribution in [0.4, 0.5) is 14.5 Å². The van der Waals surface area contributed by atoms with Gasteiger partial charge in [0, 0.05) is 17.8 Å². The zero-order chi connectivity index (χ0) is 22.9. The molecule has 3 aromatic rings. The SMILES string of the molecule is COc1cc(C(=O)NCCc2ccccc2F)ccc1OCC(=O)Nc1ccc(F)cc1. The van der Waals surface area contributed by atoms with E-state index in [0.29, 0.717) is 23.2 Å². The first-order chi connectivity index (χ1) is 15.5. The third kappa shape index (κ3) is 6.28. The minimum atomic E-state index is -0.436. The van der Waals surface area contributed by atoms with Gasteiger partial charge in [-0.1, -0.05) is 18.2 Å². The van der Waals surface area contributed by atoms with Crippen LogP contribution in [-0.4, -0.2) is 32.1 Å². The summed E-state index contributed by atoms with van der Waals surface area (Å²) in [5, 5.41) is 5.32. The van der Waals surface area contributed by atoms with E-state index in [1.165, 1.54) is 55.6 Å². The number of ether oxygens (including phenoxy) is 2. The van der Waals surface area contributed by atoms with Gasteiger partial charge in [-0.3, -0.25) is 9.59 Å². The molecular formula is C24H22F2N2O4. The monoisotopic (exact) mass is 440 g/mol. The predicted octanol–water partition coefficient (Wildman–Crippen LogP) is 3.96. The van der Waals surface area contributed by atoms with Crippen LogP contribution in [0.15, 0.2) is 66.7 Å². The van der Waals surface area contributed by atoms with E-state index in [-0.39, 0.29) is 36.4 Å². The van der Waals surface area contributed by atoms with Crippen LogP contribution in [0, 0.1) is 11.6 Å². The molecule has 3 aromatic carbocycles. The highest BCUT2D eigenvalue weighted by molar-refractivity contribution is 5.95. The van der Waals surface area contributed by atoms with Crippen LogP contribution < -0.4 is 20.1 Å². The molecule has 0 saturated carbocycles. The molecular weight excluding hydrogens is 418 g/mol. The maximum absolute atomic E-state index is 13.7. The number of hydrogen-bond acceptors (Lipinski definition) is 4. The summed E-state index contributed by atoms with van der Waals surface area (Å²) in [7, 11) is 1.42. The first-order valence-electron chi connectivity index (χ1n) is 9.84. The van der Waals surface area contributed by atoms with E-state index in [1.807, 2.05) is 0 Å². The average molecular weight is 440 g/mol. The van der Waals surface area contributed by atoms with Gasteiger partial charge in [0.05, 0.1) is 7.11 Å². The Balaban J connectivity index is 1.54. The molecule has 0 spiro atoms. The van der Waals surface area contributed by atoms with Crippen molar-refractivity contribution in [3.63, 3.8) is 0 Å². The summed E-state index contributed by atoms with van der Waals surface area (Å²) in [6, 6.07) is 16.3. The highest BCUT2D eigenvalue weighted by atomic mass is 19.1. The van der Waals surface area contributed by atoms with Crippen LogP contribution in [0.3, 0.4) is 0 Å². The van der Waals surface area contributed by atoms with Crippen LogP contribution >= 0.6 is 0 Å². The molecule has 0 aliphatic heterocycles. The van der Waals surface area contributed by atoms with Crippen molar-refractivity contribution in [3.05, 3.63) is 89.5 Å². The number of benzene rings is 3. The number of halogens is 2. The van der Waals surface area contributed by atoms with Crippen molar-refractivity contribution in [1.29, 1.82) is 0 Å². The molecule has 2 amide bonds. The quantitative estimate of drug-likeness (QED) is 0.528. The maximum atomic E-state index is 13.7. The smallest absolute Gasteiger partial charge is 0.262 e. The molecule has 0 radical (unpaired) electrons. The van der Waals surface area contributed by atoms with Gasteiger partial charge in [-0.2, -0.15) is 0 Å². The van der Waals surface area contributed by atoms with Crippen molar-refractivity contribution in [2.75, 3.05) is 25.6 Å². The summed E-state index contributed by atoms with van der Waals surface area (Å²) in [5.41, 5.74) is 1.29. The standard InChI is InChI=1S/C24H22F2N2O4/c1-31-22-14-17(24(30)27-13-12-16-4-2-3-5-20(16)26)6-11-21(22)32-15-23(29)28-19-9-7-18(25)8-10-19/h2-11,14H,12-13,15H2,1H3,(H,27,30)(H,28,29).